The summed E-state index contributed by atoms with van der Waals surface area (Å²) in [5.41, 5.74) is 0.907. The molecular weight excluding hydrogens is 298 g/mol. The van der Waals surface area contributed by atoms with E-state index in [1.54, 1.807) is 23.6 Å². The van der Waals surface area contributed by atoms with Gasteiger partial charge >= 0.3 is 0 Å². The van der Waals surface area contributed by atoms with Crippen LogP contribution in [0.4, 0.5) is 5.82 Å². The van der Waals surface area contributed by atoms with Crippen LogP contribution >= 0.6 is 11.8 Å². The van der Waals surface area contributed by atoms with E-state index in [0.717, 1.165) is 34.5 Å². The number of nitrogens with one attached hydrogen (secondary N) is 1. The Kier molecular flexibility index (Phi) is 5.89. The predicted molar refractivity (Wildman–Crippen MR) is 89.6 cm³/mol. The molecule has 0 radical (unpaired) electrons. The first-order chi connectivity index (χ1) is 10.6. The topological polar surface area (TPSA) is 56.2 Å². The number of carbonyl (C=O) groups is 1. The van der Waals surface area contributed by atoms with Crippen LogP contribution in [0.1, 0.15) is 19.0 Å². The van der Waals surface area contributed by atoms with Gasteiger partial charge in [0.1, 0.15) is 11.6 Å². The van der Waals surface area contributed by atoms with Crippen molar-refractivity contribution in [3.63, 3.8) is 0 Å². The lowest BCUT2D eigenvalue weighted by atomic mass is 10.3. The van der Waals surface area contributed by atoms with E-state index in [4.69, 9.17) is 4.74 Å². The molecule has 118 valence electrons. The van der Waals surface area contributed by atoms with Crippen molar-refractivity contribution in [2.45, 2.75) is 31.7 Å². The van der Waals surface area contributed by atoms with Gasteiger partial charge in [0.05, 0.1) is 12.8 Å². The second-order valence-corrected chi connectivity index (χ2v) is 5.98. The number of aryl methyl sites for hydroxylation is 2. The summed E-state index contributed by atoms with van der Waals surface area (Å²) in [4.78, 5) is 13.1. The number of ether oxygens (including phenoxy) is 1. The Balaban J connectivity index is 1.79. The Bertz CT molecular complexity index is 623. The number of hydrogen-bond acceptors (Lipinski definition) is 4. The normalized spacial score (nSPS) is 10.5. The van der Waals surface area contributed by atoms with Crippen LogP contribution in [0, 0.1) is 6.92 Å². The van der Waals surface area contributed by atoms with E-state index >= 15 is 0 Å². The molecule has 0 aliphatic rings. The summed E-state index contributed by atoms with van der Waals surface area (Å²) >= 11 is 1.65. The zero-order valence-electron chi connectivity index (χ0n) is 13.1. The molecule has 0 saturated heterocycles. The fourth-order valence-corrected chi connectivity index (χ4v) is 2.88. The van der Waals surface area contributed by atoms with Gasteiger partial charge in [-0.15, -0.1) is 11.8 Å². The minimum Gasteiger partial charge on any atom is -0.497 e. The van der Waals surface area contributed by atoms with Crippen LogP contribution in [0.2, 0.25) is 0 Å². The molecule has 0 spiro atoms. The van der Waals surface area contributed by atoms with Crippen LogP contribution in [0.5, 0.6) is 5.75 Å². The second kappa shape index (κ2) is 7.89. The lowest BCUT2D eigenvalue weighted by Crippen LogP contribution is -2.15. The largest absolute Gasteiger partial charge is 0.497 e. The molecular formula is C16H21N3O2S. The van der Waals surface area contributed by atoms with Gasteiger partial charge in [-0.05, 0) is 38.1 Å². The van der Waals surface area contributed by atoms with Gasteiger partial charge in [0.25, 0.3) is 0 Å². The Morgan fingerprint density at radius 1 is 1.36 bits per heavy atom. The van der Waals surface area contributed by atoms with Gasteiger partial charge < -0.3 is 10.1 Å². The molecule has 5 nitrogen and oxygen atoms in total. The lowest BCUT2D eigenvalue weighted by Gasteiger charge is -2.07. The van der Waals surface area contributed by atoms with Crippen LogP contribution in [0.15, 0.2) is 35.2 Å². The van der Waals surface area contributed by atoms with Gasteiger partial charge in [0.2, 0.25) is 5.91 Å². The molecule has 1 heterocycles. The average molecular weight is 319 g/mol. The average Bonchev–Trinajstić information content (AvgIpc) is 2.87. The SMILES string of the molecule is CCn1nc(C)cc1NC(=O)CCSc1ccc(OC)cc1. The van der Waals surface area contributed by atoms with E-state index in [-0.39, 0.29) is 5.91 Å². The molecule has 0 aliphatic heterocycles. The summed E-state index contributed by atoms with van der Waals surface area (Å²) in [6.45, 7) is 4.66. The fraction of sp³-hybridized carbons (Fsp3) is 0.375. The Morgan fingerprint density at radius 2 is 2.09 bits per heavy atom. The molecule has 2 rings (SSSR count). The first-order valence-corrected chi connectivity index (χ1v) is 8.22. The molecule has 0 saturated carbocycles. The van der Waals surface area contributed by atoms with Gasteiger partial charge in [-0.3, -0.25) is 4.79 Å². The number of amides is 1. The molecule has 0 aliphatic carbocycles. The van der Waals surface area contributed by atoms with E-state index < -0.39 is 0 Å². The predicted octanol–water partition coefficient (Wildman–Crippen LogP) is 3.34. The maximum atomic E-state index is 12.0. The quantitative estimate of drug-likeness (QED) is 0.795. The van der Waals surface area contributed by atoms with Crippen molar-refractivity contribution in [1.82, 2.24) is 9.78 Å². The molecule has 0 fully saturated rings. The van der Waals surface area contributed by atoms with Crippen LogP contribution in [0.25, 0.3) is 0 Å². The minimum absolute atomic E-state index is 0.00983. The van der Waals surface area contributed by atoms with Gasteiger partial charge in [-0.2, -0.15) is 5.10 Å². The van der Waals surface area contributed by atoms with Crippen LogP contribution in [-0.4, -0.2) is 28.6 Å². The molecule has 1 aromatic carbocycles. The summed E-state index contributed by atoms with van der Waals surface area (Å²) in [6.07, 6.45) is 0.463. The monoisotopic (exact) mass is 319 g/mol. The fourth-order valence-electron chi connectivity index (χ4n) is 2.03. The molecule has 1 aromatic heterocycles. The minimum atomic E-state index is 0.00983. The van der Waals surface area contributed by atoms with E-state index in [1.807, 2.05) is 44.2 Å². The van der Waals surface area contributed by atoms with Crippen molar-refractivity contribution in [2.24, 2.45) is 0 Å². The number of carbonyl (C=O) groups excluding carboxylic acids is 1. The number of nitrogens with zero attached hydrogens (tertiary/aromatic N) is 2. The molecule has 2 aromatic rings. The third-order valence-electron chi connectivity index (χ3n) is 3.13. The third-order valence-corrected chi connectivity index (χ3v) is 4.14. The summed E-state index contributed by atoms with van der Waals surface area (Å²) in [5, 5.41) is 7.23. The maximum absolute atomic E-state index is 12.0. The standard InChI is InChI=1S/C16H21N3O2S/c1-4-19-15(11-12(2)18-19)17-16(20)9-10-22-14-7-5-13(21-3)6-8-14/h5-8,11H,4,9-10H2,1-3H3,(H,17,20). The van der Waals surface area contributed by atoms with Gasteiger partial charge in [0.15, 0.2) is 0 Å². The first-order valence-electron chi connectivity index (χ1n) is 7.23. The van der Waals surface area contributed by atoms with Crippen molar-refractivity contribution in [2.75, 3.05) is 18.2 Å². The van der Waals surface area contributed by atoms with Crippen molar-refractivity contribution in [3.8, 4) is 5.75 Å². The summed E-state index contributed by atoms with van der Waals surface area (Å²) < 4.78 is 6.92. The highest BCUT2D eigenvalue weighted by atomic mass is 32.2. The highest BCUT2D eigenvalue weighted by Gasteiger charge is 2.08. The van der Waals surface area contributed by atoms with Crippen LogP contribution in [0.3, 0.4) is 0 Å². The van der Waals surface area contributed by atoms with Crippen LogP contribution in [-0.2, 0) is 11.3 Å². The number of hydrogen-bond donors (Lipinski definition) is 1. The molecule has 22 heavy (non-hydrogen) atoms. The molecule has 1 N–H and O–H groups in total. The highest BCUT2D eigenvalue weighted by Crippen LogP contribution is 2.22. The van der Waals surface area contributed by atoms with Crippen molar-refractivity contribution < 1.29 is 9.53 Å². The maximum Gasteiger partial charge on any atom is 0.226 e. The summed E-state index contributed by atoms with van der Waals surface area (Å²) in [6, 6.07) is 9.72. The van der Waals surface area contributed by atoms with Gasteiger partial charge in [-0.25, -0.2) is 4.68 Å². The first kappa shape index (κ1) is 16.4. The Labute approximate surface area is 135 Å². The van der Waals surface area contributed by atoms with E-state index in [1.165, 1.54) is 0 Å². The second-order valence-electron chi connectivity index (χ2n) is 4.81. The highest BCUT2D eigenvalue weighted by molar-refractivity contribution is 7.99. The van der Waals surface area contributed by atoms with Gasteiger partial charge in [-0.1, -0.05) is 0 Å². The molecule has 1 amide bonds. The van der Waals surface area contributed by atoms with E-state index in [0.29, 0.717) is 6.42 Å². The number of rotatable bonds is 7. The Morgan fingerprint density at radius 3 is 2.73 bits per heavy atom. The molecule has 6 heteroatoms. The molecule has 0 unspecified atom stereocenters. The zero-order chi connectivity index (χ0) is 15.9. The smallest absolute Gasteiger partial charge is 0.226 e. The number of thioether (sulfide) groups is 1. The summed E-state index contributed by atoms with van der Waals surface area (Å²) in [5.74, 6) is 2.34. The van der Waals surface area contributed by atoms with Crippen LogP contribution < -0.4 is 10.1 Å². The zero-order valence-corrected chi connectivity index (χ0v) is 13.9. The number of aromatic nitrogens is 2. The number of benzene rings is 1. The third kappa shape index (κ3) is 4.53. The van der Waals surface area contributed by atoms with Crippen molar-refractivity contribution in [1.29, 1.82) is 0 Å². The number of methoxy groups -OCH3 is 1. The van der Waals surface area contributed by atoms with E-state index in [2.05, 4.69) is 10.4 Å². The summed E-state index contributed by atoms with van der Waals surface area (Å²) in [7, 11) is 1.65. The van der Waals surface area contributed by atoms with Crippen molar-refractivity contribution in [3.05, 3.63) is 36.0 Å². The van der Waals surface area contributed by atoms with Gasteiger partial charge in [0, 0.05) is 29.7 Å². The van der Waals surface area contributed by atoms with E-state index in [9.17, 15) is 4.79 Å². The molecule has 0 bridgehead atoms. The number of anilines is 1. The lowest BCUT2D eigenvalue weighted by molar-refractivity contribution is -0.115. The Hall–Kier alpha value is -1.95. The molecule has 0 atom stereocenters. The van der Waals surface area contributed by atoms with Crippen molar-refractivity contribution >= 4 is 23.5 Å².